The summed E-state index contributed by atoms with van der Waals surface area (Å²) < 4.78 is 0. The molecule has 13 heavy (non-hydrogen) atoms. The minimum absolute atomic E-state index is 0.458. The lowest BCUT2D eigenvalue weighted by Gasteiger charge is -2.00. The molecule has 0 saturated carbocycles. The van der Waals surface area contributed by atoms with Gasteiger partial charge in [0, 0.05) is 22.6 Å². The van der Waals surface area contributed by atoms with E-state index in [0.29, 0.717) is 11.6 Å². The van der Waals surface area contributed by atoms with Crippen LogP contribution in [0.25, 0.3) is 10.9 Å². The van der Waals surface area contributed by atoms with Gasteiger partial charge in [-0.05, 0) is 24.6 Å². The summed E-state index contributed by atoms with van der Waals surface area (Å²) in [5.41, 5.74) is 8.43. The number of aromatic amines is 1. The van der Waals surface area contributed by atoms with Crippen LogP contribution in [0.1, 0.15) is 11.3 Å². The molecule has 0 fully saturated rings. The van der Waals surface area contributed by atoms with E-state index in [0.717, 1.165) is 22.2 Å². The van der Waals surface area contributed by atoms with Crippen molar-refractivity contribution in [3.63, 3.8) is 0 Å². The largest absolute Gasteiger partial charge is 0.326 e. The molecule has 1 heterocycles. The zero-order valence-electron chi connectivity index (χ0n) is 7.26. The third kappa shape index (κ3) is 1.30. The van der Waals surface area contributed by atoms with Gasteiger partial charge in [0.25, 0.3) is 0 Å². The molecule has 1 aromatic carbocycles. The molecule has 1 aromatic heterocycles. The summed E-state index contributed by atoms with van der Waals surface area (Å²) in [6.07, 6.45) is 0. The summed E-state index contributed by atoms with van der Waals surface area (Å²) in [7, 11) is 0. The van der Waals surface area contributed by atoms with Gasteiger partial charge < -0.3 is 5.73 Å². The molecule has 0 unspecified atom stereocenters. The standard InChI is InChI=1S/C9H10ClN3/c1-5-7-2-6(4-11)8(10)3-9(7)13-12-5/h2-3H,4,11H2,1H3,(H,12,13). The number of aromatic nitrogens is 2. The summed E-state index contributed by atoms with van der Waals surface area (Å²) >= 11 is 5.98. The Balaban J connectivity index is 2.77. The first-order chi connectivity index (χ1) is 6.22. The predicted octanol–water partition coefficient (Wildman–Crippen LogP) is 1.98. The van der Waals surface area contributed by atoms with Crippen molar-refractivity contribution in [2.24, 2.45) is 5.73 Å². The van der Waals surface area contributed by atoms with Gasteiger partial charge in [-0.3, -0.25) is 5.10 Å². The molecule has 4 heteroatoms. The second kappa shape index (κ2) is 3.01. The van der Waals surface area contributed by atoms with Crippen molar-refractivity contribution < 1.29 is 0 Å². The van der Waals surface area contributed by atoms with E-state index >= 15 is 0 Å². The third-order valence-electron chi connectivity index (χ3n) is 2.13. The number of nitrogens with two attached hydrogens (primary N) is 1. The van der Waals surface area contributed by atoms with Crippen LogP contribution in [0.4, 0.5) is 0 Å². The molecule has 0 bridgehead atoms. The summed E-state index contributed by atoms with van der Waals surface area (Å²) in [6.45, 7) is 2.43. The normalized spacial score (nSPS) is 11.0. The Labute approximate surface area is 80.9 Å². The summed E-state index contributed by atoms with van der Waals surface area (Å²) in [5, 5.41) is 8.78. The molecule has 0 aliphatic rings. The SMILES string of the molecule is Cc1[nH]nc2cc(Cl)c(CN)cc12. The highest BCUT2D eigenvalue weighted by molar-refractivity contribution is 6.32. The van der Waals surface area contributed by atoms with E-state index in [4.69, 9.17) is 17.3 Å². The van der Waals surface area contributed by atoms with Crippen molar-refractivity contribution >= 4 is 22.5 Å². The highest BCUT2D eigenvalue weighted by Gasteiger charge is 2.05. The molecule has 0 aliphatic heterocycles. The Morgan fingerprint density at radius 1 is 1.54 bits per heavy atom. The van der Waals surface area contributed by atoms with Gasteiger partial charge in [0.05, 0.1) is 5.52 Å². The van der Waals surface area contributed by atoms with Crippen LogP contribution >= 0.6 is 11.6 Å². The van der Waals surface area contributed by atoms with E-state index in [1.807, 2.05) is 19.1 Å². The zero-order valence-corrected chi connectivity index (χ0v) is 8.02. The Morgan fingerprint density at radius 2 is 2.31 bits per heavy atom. The minimum Gasteiger partial charge on any atom is -0.326 e. The topological polar surface area (TPSA) is 54.7 Å². The van der Waals surface area contributed by atoms with E-state index in [2.05, 4.69) is 10.2 Å². The van der Waals surface area contributed by atoms with Gasteiger partial charge in [-0.1, -0.05) is 11.6 Å². The average molecular weight is 196 g/mol. The van der Waals surface area contributed by atoms with Crippen LogP contribution in [0.15, 0.2) is 12.1 Å². The number of rotatable bonds is 1. The number of aryl methyl sites for hydroxylation is 1. The number of nitrogens with one attached hydrogen (secondary N) is 1. The zero-order chi connectivity index (χ0) is 9.42. The molecule has 2 rings (SSSR count). The van der Waals surface area contributed by atoms with Gasteiger partial charge in [-0.2, -0.15) is 5.10 Å². The van der Waals surface area contributed by atoms with E-state index in [9.17, 15) is 0 Å². The van der Waals surface area contributed by atoms with Gasteiger partial charge in [0.2, 0.25) is 0 Å². The highest BCUT2D eigenvalue weighted by atomic mass is 35.5. The van der Waals surface area contributed by atoms with E-state index in [1.54, 1.807) is 0 Å². The van der Waals surface area contributed by atoms with Crippen molar-refractivity contribution in [3.05, 3.63) is 28.4 Å². The predicted molar refractivity (Wildman–Crippen MR) is 53.7 cm³/mol. The van der Waals surface area contributed by atoms with E-state index in [-0.39, 0.29) is 0 Å². The quantitative estimate of drug-likeness (QED) is 0.731. The fourth-order valence-electron chi connectivity index (χ4n) is 1.36. The number of H-pyrrole nitrogens is 1. The minimum atomic E-state index is 0.458. The molecular formula is C9H10ClN3. The maximum absolute atomic E-state index is 5.98. The molecule has 3 nitrogen and oxygen atoms in total. The molecule has 0 atom stereocenters. The van der Waals surface area contributed by atoms with Crippen LogP contribution < -0.4 is 5.73 Å². The van der Waals surface area contributed by atoms with Crippen LogP contribution in [-0.2, 0) is 6.54 Å². The van der Waals surface area contributed by atoms with E-state index in [1.165, 1.54) is 0 Å². The van der Waals surface area contributed by atoms with Crippen LogP contribution in [0.5, 0.6) is 0 Å². The van der Waals surface area contributed by atoms with Crippen molar-refractivity contribution in [2.75, 3.05) is 0 Å². The van der Waals surface area contributed by atoms with Gasteiger partial charge in [-0.15, -0.1) is 0 Å². The molecular weight excluding hydrogens is 186 g/mol. The van der Waals surface area contributed by atoms with Crippen LogP contribution in [0.3, 0.4) is 0 Å². The lowest BCUT2D eigenvalue weighted by atomic mass is 10.1. The number of nitrogens with zero attached hydrogens (tertiary/aromatic N) is 1. The third-order valence-corrected chi connectivity index (χ3v) is 2.48. The second-order valence-electron chi connectivity index (χ2n) is 3.01. The van der Waals surface area contributed by atoms with Gasteiger partial charge in [0.1, 0.15) is 0 Å². The van der Waals surface area contributed by atoms with Crippen molar-refractivity contribution in [1.82, 2.24) is 10.2 Å². The average Bonchev–Trinajstić information content (AvgIpc) is 2.46. The first kappa shape index (κ1) is 8.53. The maximum atomic E-state index is 5.98. The summed E-state index contributed by atoms with van der Waals surface area (Å²) in [5.74, 6) is 0. The smallest absolute Gasteiger partial charge is 0.0938 e. The van der Waals surface area contributed by atoms with Crippen molar-refractivity contribution in [2.45, 2.75) is 13.5 Å². The molecule has 0 saturated heterocycles. The van der Waals surface area contributed by atoms with Crippen LogP contribution in [-0.4, -0.2) is 10.2 Å². The number of fused-ring (bicyclic) bond motifs is 1. The lowest BCUT2D eigenvalue weighted by Crippen LogP contribution is -1.96. The lowest BCUT2D eigenvalue weighted by molar-refractivity contribution is 1.07. The summed E-state index contributed by atoms with van der Waals surface area (Å²) in [4.78, 5) is 0. The maximum Gasteiger partial charge on any atom is 0.0938 e. The molecule has 0 radical (unpaired) electrons. The molecule has 68 valence electrons. The number of hydrogen-bond acceptors (Lipinski definition) is 2. The fourth-order valence-corrected chi connectivity index (χ4v) is 1.60. The van der Waals surface area contributed by atoms with E-state index < -0.39 is 0 Å². The molecule has 3 N–H and O–H groups in total. The van der Waals surface area contributed by atoms with Gasteiger partial charge in [0.15, 0.2) is 0 Å². The Morgan fingerprint density at radius 3 is 3.00 bits per heavy atom. The van der Waals surface area contributed by atoms with Gasteiger partial charge >= 0.3 is 0 Å². The first-order valence-corrected chi connectivity index (χ1v) is 4.43. The Hall–Kier alpha value is -1.06. The van der Waals surface area contributed by atoms with Crippen molar-refractivity contribution in [1.29, 1.82) is 0 Å². The monoisotopic (exact) mass is 195 g/mol. The van der Waals surface area contributed by atoms with Gasteiger partial charge in [-0.25, -0.2) is 0 Å². The first-order valence-electron chi connectivity index (χ1n) is 4.05. The second-order valence-corrected chi connectivity index (χ2v) is 3.42. The Kier molecular flexibility index (Phi) is 1.98. The number of hydrogen-bond donors (Lipinski definition) is 2. The highest BCUT2D eigenvalue weighted by Crippen LogP contribution is 2.23. The van der Waals surface area contributed by atoms with Crippen LogP contribution in [0, 0.1) is 6.92 Å². The molecule has 2 aromatic rings. The summed E-state index contributed by atoms with van der Waals surface area (Å²) in [6, 6.07) is 3.82. The molecule has 0 spiro atoms. The van der Waals surface area contributed by atoms with Crippen molar-refractivity contribution in [3.8, 4) is 0 Å². The number of benzene rings is 1. The van der Waals surface area contributed by atoms with Crippen LogP contribution in [0.2, 0.25) is 5.02 Å². The molecule has 0 amide bonds. The number of halogens is 1. The molecule has 0 aliphatic carbocycles. The Bertz CT molecular complexity index is 447. The fraction of sp³-hybridized carbons (Fsp3) is 0.222.